The summed E-state index contributed by atoms with van der Waals surface area (Å²) in [6.45, 7) is 0. The Labute approximate surface area is 194 Å². The second kappa shape index (κ2) is 9.28. The molecule has 0 N–H and O–H groups in total. The molecule has 0 fully saturated rings. The summed E-state index contributed by atoms with van der Waals surface area (Å²) >= 11 is 0. The van der Waals surface area contributed by atoms with Crippen molar-refractivity contribution in [1.82, 2.24) is 4.98 Å². The molecular weight excluding hydrogens is 423 g/mol. The van der Waals surface area contributed by atoms with E-state index in [-0.39, 0.29) is 0 Å². The van der Waals surface area contributed by atoms with Crippen molar-refractivity contribution in [2.45, 2.75) is 0 Å². The molecule has 0 atom stereocenters. The summed E-state index contributed by atoms with van der Waals surface area (Å²) in [5.74, 6) is 0.719. The first-order chi connectivity index (χ1) is 16.3. The highest BCUT2D eigenvalue weighted by atomic mass is 31.2. The van der Waals surface area contributed by atoms with Crippen LogP contribution in [0.25, 0.3) is 0 Å². The van der Waals surface area contributed by atoms with Gasteiger partial charge in [0.1, 0.15) is 11.3 Å². The van der Waals surface area contributed by atoms with E-state index in [1.165, 1.54) is 0 Å². The molecule has 0 saturated carbocycles. The lowest BCUT2D eigenvalue weighted by molar-refractivity contribution is 0.592. The van der Waals surface area contributed by atoms with Gasteiger partial charge < -0.3 is 4.57 Å². The quantitative estimate of drug-likeness (QED) is 0.292. The van der Waals surface area contributed by atoms with E-state index in [2.05, 4.69) is 29.2 Å². The average Bonchev–Trinajstić information content (AvgIpc) is 2.91. The Morgan fingerprint density at radius 2 is 0.909 bits per heavy atom. The van der Waals surface area contributed by atoms with Crippen LogP contribution in [0.4, 0.5) is 17.2 Å². The molecule has 0 amide bonds. The Morgan fingerprint density at radius 3 is 1.36 bits per heavy atom. The minimum atomic E-state index is -3.16. The molecule has 4 heteroatoms. The van der Waals surface area contributed by atoms with Crippen molar-refractivity contribution in [2.24, 2.45) is 0 Å². The van der Waals surface area contributed by atoms with E-state index in [0.29, 0.717) is 5.44 Å². The summed E-state index contributed by atoms with van der Waals surface area (Å²) < 4.78 is 14.8. The van der Waals surface area contributed by atoms with Crippen molar-refractivity contribution >= 4 is 40.4 Å². The molecule has 0 aliphatic heterocycles. The third-order valence-corrected chi connectivity index (χ3v) is 8.48. The molecule has 160 valence electrons. The zero-order valence-corrected chi connectivity index (χ0v) is 18.9. The van der Waals surface area contributed by atoms with E-state index < -0.39 is 7.14 Å². The van der Waals surface area contributed by atoms with Crippen LogP contribution < -0.4 is 20.9 Å². The highest BCUT2D eigenvalue weighted by Gasteiger charge is 2.31. The highest BCUT2D eigenvalue weighted by Crippen LogP contribution is 2.42. The first-order valence-electron chi connectivity index (χ1n) is 10.9. The van der Waals surface area contributed by atoms with E-state index in [1.54, 1.807) is 0 Å². The molecule has 0 unspecified atom stereocenters. The first kappa shape index (κ1) is 20.9. The van der Waals surface area contributed by atoms with Crippen LogP contribution in [0.1, 0.15) is 0 Å². The van der Waals surface area contributed by atoms with Gasteiger partial charge in [0.2, 0.25) is 0 Å². The van der Waals surface area contributed by atoms with Gasteiger partial charge in [0, 0.05) is 22.0 Å². The molecule has 5 rings (SSSR count). The minimum Gasteiger partial charge on any atom is -0.307 e. The van der Waals surface area contributed by atoms with Crippen LogP contribution in [0, 0.1) is 0 Å². The van der Waals surface area contributed by atoms with Crippen molar-refractivity contribution in [1.29, 1.82) is 0 Å². The van der Waals surface area contributed by atoms with Crippen LogP contribution in [-0.2, 0) is 4.57 Å². The van der Waals surface area contributed by atoms with Crippen molar-refractivity contribution < 1.29 is 4.57 Å². The number of hydrogen-bond donors (Lipinski definition) is 0. The highest BCUT2D eigenvalue weighted by molar-refractivity contribution is 7.85. The Morgan fingerprint density at radius 1 is 0.485 bits per heavy atom. The SMILES string of the molecule is O=P(c1ccccc1)(c1ccccc1)c1cccc(N(c2ccccc2)c2ccccc2)n1. The van der Waals surface area contributed by atoms with Crippen LogP contribution in [-0.4, -0.2) is 4.98 Å². The fraction of sp³-hybridized carbons (Fsp3) is 0. The maximum atomic E-state index is 14.8. The van der Waals surface area contributed by atoms with Crippen LogP contribution in [0.5, 0.6) is 0 Å². The maximum absolute atomic E-state index is 14.8. The van der Waals surface area contributed by atoms with Gasteiger partial charge in [-0.25, -0.2) is 4.98 Å². The lowest BCUT2D eigenvalue weighted by atomic mass is 10.2. The van der Waals surface area contributed by atoms with Crippen molar-refractivity contribution in [3.8, 4) is 0 Å². The molecule has 0 bridgehead atoms. The summed E-state index contributed by atoms with van der Waals surface area (Å²) in [6.07, 6.45) is 0. The molecular formula is C29H23N2OP. The second-order valence-corrected chi connectivity index (χ2v) is 10.4. The van der Waals surface area contributed by atoms with Crippen LogP contribution in [0.2, 0.25) is 0 Å². The number of nitrogens with zero attached hydrogens (tertiary/aromatic N) is 2. The number of hydrogen-bond acceptors (Lipinski definition) is 3. The second-order valence-electron chi connectivity index (χ2n) is 7.64. The zero-order valence-electron chi connectivity index (χ0n) is 18.0. The predicted molar refractivity (Wildman–Crippen MR) is 138 cm³/mol. The van der Waals surface area contributed by atoms with Gasteiger partial charge in [-0.2, -0.15) is 0 Å². The third kappa shape index (κ3) is 4.11. The van der Waals surface area contributed by atoms with Gasteiger partial charge >= 0.3 is 0 Å². The van der Waals surface area contributed by atoms with Gasteiger partial charge in [-0.1, -0.05) is 103 Å². The van der Waals surface area contributed by atoms with Gasteiger partial charge in [-0.05, 0) is 36.4 Å². The van der Waals surface area contributed by atoms with Crippen molar-refractivity contribution in [3.05, 3.63) is 140 Å². The largest absolute Gasteiger partial charge is 0.307 e. The summed E-state index contributed by atoms with van der Waals surface area (Å²) in [5.41, 5.74) is 2.54. The van der Waals surface area contributed by atoms with Crippen LogP contribution in [0.15, 0.2) is 140 Å². The van der Waals surface area contributed by atoms with Gasteiger partial charge in [-0.3, -0.25) is 4.90 Å². The summed E-state index contributed by atoms with van der Waals surface area (Å²) in [5, 5.41) is 1.54. The monoisotopic (exact) mass is 446 g/mol. The molecule has 0 radical (unpaired) electrons. The number of para-hydroxylation sites is 2. The molecule has 0 aliphatic rings. The Hall–Kier alpha value is -3.94. The number of aromatic nitrogens is 1. The smallest absolute Gasteiger partial charge is 0.188 e. The van der Waals surface area contributed by atoms with E-state index in [1.807, 2.05) is 115 Å². The van der Waals surface area contributed by atoms with Crippen LogP contribution >= 0.6 is 7.14 Å². The summed E-state index contributed by atoms with van der Waals surface area (Å²) in [6, 6.07) is 45.3. The molecule has 3 nitrogen and oxygen atoms in total. The summed E-state index contributed by atoms with van der Waals surface area (Å²) in [7, 11) is -3.16. The van der Waals surface area contributed by atoms with Gasteiger partial charge in [0.05, 0.1) is 0 Å². The third-order valence-electron chi connectivity index (χ3n) is 5.54. The molecule has 0 spiro atoms. The van der Waals surface area contributed by atoms with E-state index >= 15 is 0 Å². The molecule has 1 heterocycles. The number of pyridine rings is 1. The fourth-order valence-electron chi connectivity index (χ4n) is 3.97. The first-order valence-corrected chi connectivity index (χ1v) is 12.6. The molecule has 0 aliphatic carbocycles. The number of rotatable bonds is 6. The van der Waals surface area contributed by atoms with E-state index in [0.717, 1.165) is 27.8 Å². The number of anilines is 3. The molecule has 33 heavy (non-hydrogen) atoms. The Balaban J connectivity index is 1.71. The van der Waals surface area contributed by atoms with E-state index in [4.69, 9.17) is 4.98 Å². The lowest BCUT2D eigenvalue weighted by Crippen LogP contribution is -2.28. The van der Waals surface area contributed by atoms with Gasteiger partial charge in [0.15, 0.2) is 7.14 Å². The molecule has 0 saturated heterocycles. The zero-order chi connectivity index (χ0) is 22.5. The normalized spacial score (nSPS) is 11.2. The average molecular weight is 446 g/mol. The van der Waals surface area contributed by atoms with Crippen molar-refractivity contribution in [3.63, 3.8) is 0 Å². The minimum absolute atomic E-state index is 0.564. The van der Waals surface area contributed by atoms with Gasteiger partial charge in [0.25, 0.3) is 0 Å². The van der Waals surface area contributed by atoms with Crippen LogP contribution in [0.3, 0.4) is 0 Å². The Bertz CT molecular complexity index is 1290. The topological polar surface area (TPSA) is 33.2 Å². The van der Waals surface area contributed by atoms with E-state index in [9.17, 15) is 4.57 Å². The molecule has 5 aromatic rings. The molecule has 1 aromatic heterocycles. The summed E-state index contributed by atoms with van der Waals surface area (Å²) in [4.78, 5) is 7.10. The standard InChI is InChI=1S/C29H23N2OP/c32-33(26-18-9-3-10-19-26,27-20-11-4-12-21-27)29-23-13-22-28(30-29)31(24-14-5-1-6-15-24)25-16-7-2-8-17-25/h1-23H. The molecule has 4 aromatic carbocycles. The Kier molecular flexibility index (Phi) is 5.89. The fourth-order valence-corrected chi connectivity index (χ4v) is 6.52. The van der Waals surface area contributed by atoms with Crippen molar-refractivity contribution in [2.75, 3.05) is 4.90 Å². The predicted octanol–water partition coefficient (Wildman–Crippen LogP) is 6.19. The maximum Gasteiger partial charge on any atom is 0.188 e. The number of benzene rings is 4. The lowest BCUT2D eigenvalue weighted by Gasteiger charge is -2.26. The van der Waals surface area contributed by atoms with Gasteiger partial charge in [-0.15, -0.1) is 0 Å².